The van der Waals surface area contributed by atoms with Crippen molar-refractivity contribution in [2.24, 2.45) is 0 Å². The third kappa shape index (κ3) is 3.92. The van der Waals surface area contributed by atoms with Crippen molar-refractivity contribution < 1.29 is 19.3 Å². The molecule has 0 aromatic heterocycles. The van der Waals surface area contributed by atoms with Crippen molar-refractivity contribution in [1.29, 1.82) is 0 Å². The fraction of sp³-hybridized carbons (Fsp3) is 0.176. The van der Waals surface area contributed by atoms with E-state index in [9.17, 15) is 5.11 Å². The second-order valence-electron chi connectivity index (χ2n) is 4.44. The minimum Gasteiger partial charge on any atom is -0.508 e. The zero-order valence-electron chi connectivity index (χ0n) is 12.3. The number of benzene rings is 2. The topological polar surface area (TPSA) is 47.9 Å². The molecule has 0 radical (unpaired) electrons. The summed E-state index contributed by atoms with van der Waals surface area (Å²) < 4.78 is 15.6. The van der Waals surface area contributed by atoms with Crippen LogP contribution < -0.4 is 14.2 Å². The Kier molecular flexibility index (Phi) is 4.72. The highest BCUT2D eigenvalue weighted by Gasteiger charge is 2.01. The lowest BCUT2D eigenvalue weighted by atomic mass is 10.1. The molecule has 0 spiro atoms. The number of methoxy groups -OCH3 is 3. The molecule has 0 aliphatic rings. The van der Waals surface area contributed by atoms with Crippen molar-refractivity contribution in [1.82, 2.24) is 0 Å². The highest BCUT2D eigenvalue weighted by Crippen LogP contribution is 2.26. The van der Waals surface area contributed by atoms with E-state index in [0.717, 1.165) is 22.6 Å². The van der Waals surface area contributed by atoms with Crippen LogP contribution >= 0.6 is 0 Å². The molecule has 0 aliphatic heterocycles. The van der Waals surface area contributed by atoms with Crippen LogP contribution in [0.4, 0.5) is 0 Å². The van der Waals surface area contributed by atoms with E-state index in [-0.39, 0.29) is 5.75 Å². The van der Waals surface area contributed by atoms with Crippen LogP contribution in [0.25, 0.3) is 12.2 Å². The van der Waals surface area contributed by atoms with Crippen LogP contribution in [-0.2, 0) is 0 Å². The maximum Gasteiger partial charge on any atom is 0.123 e. The molecule has 2 aromatic rings. The number of ether oxygens (including phenoxy) is 3. The predicted molar refractivity (Wildman–Crippen MR) is 83.1 cm³/mol. The van der Waals surface area contributed by atoms with Crippen LogP contribution in [0.5, 0.6) is 23.0 Å². The van der Waals surface area contributed by atoms with Crippen LogP contribution in [0, 0.1) is 0 Å². The summed E-state index contributed by atoms with van der Waals surface area (Å²) in [5.74, 6) is 2.22. The van der Waals surface area contributed by atoms with Gasteiger partial charge in [0.05, 0.1) is 21.3 Å². The van der Waals surface area contributed by atoms with E-state index >= 15 is 0 Å². The molecule has 21 heavy (non-hydrogen) atoms. The fourth-order valence-electron chi connectivity index (χ4n) is 1.94. The summed E-state index contributed by atoms with van der Waals surface area (Å²) in [5, 5.41) is 9.63. The minimum atomic E-state index is 0.164. The molecule has 2 rings (SSSR count). The summed E-state index contributed by atoms with van der Waals surface area (Å²) in [6, 6.07) is 10.7. The molecule has 2 aromatic carbocycles. The van der Waals surface area contributed by atoms with E-state index in [1.807, 2.05) is 36.4 Å². The first-order chi connectivity index (χ1) is 10.1. The Hall–Kier alpha value is -2.62. The smallest absolute Gasteiger partial charge is 0.123 e. The minimum absolute atomic E-state index is 0.164. The average molecular weight is 286 g/mol. The van der Waals surface area contributed by atoms with Crippen molar-refractivity contribution >= 4 is 12.2 Å². The predicted octanol–water partition coefficient (Wildman–Crippen LogP) is 3.59. The van der Waals surface area contributed by atoms with Gasteiger partial charge in [0.25, 0.3) is 0 Å². The number of phenols is 1. The molecule has 0 saturated carbocycles. The number of phenolic OH excluding ortho intramolecular Hbond substituents is 1. The number of hydrogen-bond donors (Lipinski definition) is 1. The second-order valence-corrected chi connectivity index (χ2v) is 4.44. The van der Waals surface area contributed by atoms with Crippen LogP contribution in [0.15, 0.2) is 36.4 Å². The Morgan fingerprint density at radius 3 is 1.57 bits per heavy atom. The fourth-order valence-corrected chi connectivity index (χ4v) is 1.94. The maximum absolute atomic E-state index is 9.63. The van der Waals surface area contributed by atoms with Crippen LogP contribution in [0.2, 0.25) is 0 Å². The third-order valence-electron chi connectivity index (χ3n) is 2.99. The largest absolute Gasteiger partial charge is 0.508 e. The van der Waals surface area contributed by atoms with Gasteiger partial charge in [0.2, 0.25) is 0 Å². The lowest BCUT2D eigenvalue weighted by Crippen LogP contribution is -1.88. The maximum atomic E-state index is 9.63. The highest BCUT2D eigenvalue weighted by molar-refractivity contribution is 5.72. The van der Waals surface area contributed by atoms with Gasteiger partial charge in [-0.05, 0) is 35.4 Å². The van der Waals surface area contributed by atoms with E-state index < -0.39 is 0 Å². The Morgan fingerprint density at radius 2 is 1.10 bits per heavy atom. The van der Waals surface area contributed by atoms with Crippen molar-refractivity contribution in [2.45, 2.75) is 0 Å². The normalized spacial score (nSPS) is 10.6. The zero-order chi connectivity index (χ0) is 15.2. The molecule has 0 atom stereocenters. The van der Waals surface area contributed by atoms with E-state index in [1.165, 1.54) is 0 Å². The molecule has 0 amide bonds. The summed E-state index contributed by atoms with van der Waals surface area (Å²) in [5.41, 5.74) is 1.78. The van der Waals surface area contributed by atoms with Gasteiger partial charge in [-0.15, -0.1) is 0 Å². The number of hydrogen-bond acceptors (Lipinski definition) is 4. The van der Waals surface area contributed by atoms with Gasteiger partial charge in [0, 0.05) is 12.1 Å². The van der Waals surface area contributed by atoms with Gasteiger partial charge in [-0.1, -0.05) is 12.2 Å². The highest BCUT2D eigenvalue weighted by atomic mass is 16.5. The van der Waals surface area contributed by atoms with Gasteiger partial charge in [0.1, 0.15) is 23.0 Å². The van der Waals surface area contributed by atoms with Gasteiger partial charge in [-0.25, -0.2) is 0 Å². The van der Waals surface area contributed by atoms with Crippen LogP contribution in [0.3, 0.4) is 0 Å². The molecule has 4 nitrogen and oxygen atoms in total. The molecule has 0 fully saturated rings. The Morgan fingerprint density at radius 1 is 0.667 bits per heavy atom. The standard InChI is InChI=1S/C17H18O4/c1-19-15-7-12(6-14(18)10-15)4-5-13-8-16(20-2)11-17(9-13)21-3/h4-11,18H,1-3H3/b5-4-. The van der Waals surface area contributed by atoms with E-state index in [4.69, 9.17) is 14.2 Å². The number of rotatable bonds is 5. The van der Waals surface area contributed by atoms with Gasteiger partial charge < -0.3 is 19.3 Å². The van der Waals surface area contributed by atoms with Gasteiger partial charge >= 0.3 is 0 Å². The Bertz CT molecular complexity index is 625. The first-order valence-electron chi connectivity index (χ1n) is 6.44. The van der Waals surface area contributed by atoms with Crippen LogP contribution in [-0.4, -0.2) is 26.4 Å². The second kappa shape index (κ2) is 6.70. The van der Waals surface area contributed by atoms with Crippen molar-refractivity contribution in [2.75, 3.05) is 21.3 Å². The molecule has 1 N–H and O–H groups in total. The van der Waals surface area contributed by atoms with Crippen LogP contribution in [0.1, 0.15) is 11.1 Å². The SMILES string of the molecule is COc1cc(O)cc(/C=C\c2cc(OC)cc(OC)c2)c1. The molecule has 4 heteroatoms. The van der Waals surface area contributed by atoms with E-state index in [0.29, 0.717) is 5.75 Å². The molecule has 110 valence electrons. The van der Waals surface area contributed by atoms with Crippen molar-refractivity contribution in [3.63, 3.8) is 0 Å². The van der Waals surface area contributed by atoms with Crippen molar-refractivity contribution in [3.8, 4) is 23.0 Å². The molecular formula is C17H18O4. The quantitative estimate of drug-likeness (QED) is 0.853. The Labute approximate surface area is 124 Å². The first kappa shape index (κ1) is 14.8. The van der Waals surface area contributed by atoms with Gasteiger partial charge in [-0.3, -0.25) is 0 Å². The van der Waals surface area contributed by atoms with E-state index in [1.54, 1.807) is 33.5 Å². The van der Waals surface area contributed by atoms with E-state index in [2.05, 4.69) is 0 Å². The summed E-state index contributed by atoms with van der Waals surface area (Å²) in [6.07, 6.45) is 3.80. The Balaban J connectivity index is 2.30. The van der Waals surface area contributed by atoms with Gasteiger partial charge in [0.15, 0.2) is 0 Å². The number of aromatic hydroxyl groups is 1. The summed E-state index contributed by atoms with van der Waals surface area (Å²) in [4.78, 5) is 0. The molecule has 0 saturated heterocycles. The first-order valence-corrected chi connectivity index (χ1v) is 6.44. The lowest BCUT2D eigenvalue weighted by molar-refractivity contribution is 0.394. The average Bonchev–Trinajstić information content (AvgIpc) is 2.51. The molecule has 0 bridgehead atoms. The molecule has 0 heterocycles. The molecular weight excluding hydrogens is 268 g/mol. The van der Waals surface area contributed by atoms with Crippen molar-refractivity contribution in [3.05, 3.63) is 47.5 Å². The zero-order valence-corrected chi connectivity index (χ0v) is 12.3. The van der Waals surface area contributed by atoms with Gasteiger partial charge in [-0.2, -0.15) is 0 Å². The lowest BCUT2D eigenvalue weighted by Gasteiger charge is -2.06. The summed E-state index contributed by atoms with van der Waals surface area (Å²) in [6.45, 7) is 0. The summed E-state index contributed by atoms with van der Waals surface area (Å²) >= 11 is 0. The molecule has 0 aliphatic carbocycles. The summed E-state index contributed by atoms with van der Waals surface area (Å²) in [7, 11) is 4.79. The monoisotopic (exact) mass is 286 g/mol. The third-order valence-corrected chi connectivity index (χ3v) is 2.99. The molecule has 0 unspecified atom stereocenters.